The Morgan fingerprint density at radius 3 is 2.79 bits per heavy atom. The molecular weight excluding hydrogens is 324 g/mol. The molecule has 1 aliphatic heterocycles. The van der Waals surface area contributed by atoms with Crippen molar-refractivity contribution in [2.24, 2.45) is 5.73 Å². The van der Waals surface area contributed by atoms with Gasteiger partial charge in [-0.1, -0.05) is 6.07 Å². The topological polar surface area (TPSA) is 98.7 Å². The van der Waals surface area contributed by atoms with Gasteiger partial charge < -0.3 is 11.1 Å². The number of nitrogens with zero attached hydrogens (tertiary/aromatic N) is 4. The molecule has 0 aliphatic carbocycles. The van der Waals surface area contributed by atoms with E-state index in [1.807, 2.05) is 36.6 Å². The van der Waals surface area contributed by atoms with E-state index in [9.17, 15) is 4.79 Å². The van der Waals surface area contributed by atoms with Crippen LogP contribution in [-0.4, -0.2) is 25.7 Å². The predicted octanol–water partition coefficient (Wildman–Crippen LogP) is 2.18. The molecule has 0 aromatic carbocycles. The summed E-state index contributed by atoms with van der Waals surface area (Å²) >= 11 is 1.56. The van der Waals surface area contributed by atoms with Gasteiger partial charge in [0.15, 0.2) is 5.82 Å². The molecular formula is C16H14N6OS. The highest BCUT2D eigenvalue weighted by Gasteiger charge is 2.33. The van der Waals surface area contributed by atoms with E-state index in [2.05, 4.69) is 20.4 Å². The van der Waals surface area contributed by atoms with Crippen LogP contribution in [0.5, 0.6) is 0 Å². The van der Waals surface area contributed by atoms with E-state index in [1.165, 1.54) is 0 Å². The lowest BCUT2D eigenvalue weighted by Crippen LogP contribution is -2.31. The van der Waals surface area contributed by atoms with Crippen molar-refractivity contribution in [3.05, 3.63) is 58.9 Å². The van der Waals surface area contributed by atoms with Gasteiger partial charge >= 0.3 is 0 Å². The first-order chi connectivity index (χ1) is 11.6. The monoisotopic (exact) mass is 338 g/mol. The first-order valence-electron chi connectivity index (χ1n) is 7.33. The summed E-state index contributed by atoms with van der Waals surface area (Å²) in [6.45, 7) is 1.82. The molecule has 0 fully saturated rings. The molecule has 1 amide bonds. The third-order valence-corrected chi connectivity index (χ3v) is 4.75. The van der Waals surface area contributed by atoms with Gasteiger partial charge in [-0.25, -0.2) is 4.68 Å². The van der Waals surface area contributed by atoms with Crippen molar-refractivity contribution in [1.29, 1.82) is 0 Å². The molecule has 0 unspecified atom stereocenters. The van der Waals surface area contributed by atoms with Gasteiger partial charge in [0.05, 0.1) is 10.5 Å². The van der Waals surface area contributed by atoms with Gasteiger partial charge in [-0.2, -0.15) is 4.98 Å². The van der Waals surface area contributed by atoms with Crippen molar-refractivity contribution in [3.63, 3.8) is 0 Å². The molecule has 3 aromatic heterocycles. The van der Waals surface area contributed by atoms with E-state index in [0.29, 0.717) is 23.0 Å². The number of fused-ring (bicyclic) bond motifs is 1. The van der Waals surface area contributed by atoms with E-state index in [-0.39, 0.29) is 0 Å². The SMILES string of the molecule is CC1=C(C(N)=O)[C@H](c2ccncc2)n2nc(-c3cccs3)nc2N1. The van der Waals surface area contributed by atoms with Crippen LogP contribution < -0.4 is 11.1 Å². The van der Waals surface area contributed by atoms with Crippen molar-refractivity contribution in [1.82, 2.24) is 19.7 Å². The highest BCUT2D eigenvalue weighted by molar-refractivity contribution is 7.13. The second kappa shape index (κ2) is 5.57. The molecule has 4 heterocycles. The van der Waals surface area contributed by atoms with Gasteiger partial charge in [-0.05, 0) is 36.1 Å². The number of nitrogens with two attached hydrogens (primary N) is 1. The Balaban J connectivity index is 1.90. The Morgan fingerprint density at radius 2 is 2.12 bits per heavy atom. The fourth-order valence-electron chi connectivity index (χ4n) is 2.83. The number of anilines is 1. The van der Waals surface area contributed by atoms with Crippen LogP contribution in [0.15, 0.2) is 53.3 Å². The third-order valence-electron chi connectivity index (χ3n) is 3.88. The van der Waals surface area contributed by atoms with Crippen LogP contribution in [0, 0.1) is 0 Å². The maximum Gasteiger partial charge on any atom is 0.248 e. The molecule has 0 radical (unpaired) electrons. The molecule has 1 aliphatic rings. The Morgan fingerprint density at radius 1 is 1.33 bits per heavy atom. The molecule has 24 heavy (non-hydrogen) atoms. The summed E-state index contributed by atoms with van der Waals surface area (Å²) in [5.41, 5.74) is 7.66. The molecule has 0 spiro atoms. The second-order valence-corrected chi connectivity index (χ2v) is 6.34. The van der Waals surface area contributed by atoms with Gasteiger partial charge in [0.25, 0.3) is 0 Å². The van der Waals surface area contributed by atoms with E-state index in [0.717, 1.165) is 10.4 Å². The predicted molar refractivity (Wildman–Crippen MR) is 91.2 cm³/mol. The zero-order valence-electron chi connectivity index (χ0n) is 12.8. The summed E-state index contributed by atoms with van der Waals surface area (Å²) in [5, 5.41) is 9.71. The number of carbonyl (C=O) groups excluding carboxylic acids is 1. The summed E-state index contributed by atoms with van der Waals surface area (Å²) in [7, 11) is 0. The maximum absolute atomic E-state index is 12.0. The summed E-state index contributed by atoms with van der Waals surface area (Å²) < 4.78 is 1.71. The standard InChI is InChI=1S/C16H14N6OS/c1-9-12(14(17)23)13(10-4-6-18-7-5-10)22-16(19-9)20-15(21-22)11-3-2-8-24-11/h2-8,13H,1H3,(H2,17,23)(H,19,20,21)/t13-/m0/s1. The number of amides is 1. The summed E-state index contributed by atoms with van der Waals surface area (Å²) in [6.07, 6.45) is 3.37. The number of allylic oxidation sites excluding steroid dienone is 1. The van der Waals surface area contributed by atoms with Crippen LogP contribution in [0.2, 0.25) is 0 Å². The van der Waals surface area contributed by atoms with Crippen molar-refractivity contribution in [3.8, 4) is 10.7 Å². The quantitative estimate of drug-likeness (QED) is 0.762. The van der Waals surface area contributed by atoms with Gasteiger partial charge in [-0.15, -0.1) is 16.4 Å². The van der Waals surface area contributed by atoms with Crippen LogP contribution >= 0.6 is 11.3 Å². The lowest BCUT2D eigenvalue weighted by molar-refractivity contribution is -0.115. The molecule has 1 atom stereocenters. The molecule has 0 saturated carbocycles. The Kier molecular flexibility index (Phi) is 3.39. The fraction of sp³-hybridized carbons (Fsp3) is 0.125. The highest BCUT2D eigenvalue weighted by Crippen LogP contribution is 2.36. The van der Waals surface area contributed by atoms with E-state index < -0.39 is 11.9 Å². The van der Waals surface area contributed by atoms with E-state index in [4.69, 9.17) is 5.73 Å². The Bertz CT molecular complexity index is 929. The van der Waals surface area contributed by atoms with Crippen LogP contribution in [0.4, 0.5) is 5.95 Å². The number of hydrogen-bond acceptors (Lipinski definition) is 6. The van der Waals surface area contributed by atoms with Gasteiger partial charge in [0, 0.05) is 18.1 Å². The van der Waals surface area contributed by atoms with E-state index in [1.54, 1.807) is 28.4 Å². The highest BCUT2D eigenvalue weighted by atomic mass is 32.1. The molecule has 120 valence electrons. The van der Waals surface area contributed by atoms with Crippen molar-refractivity contribution >= 4 is 23.2 Å². The largest absolute Gasteiger partial charge is 0.366 e. The van der Waals surface area contributed by atoms with Crippen molar-refractivity contribution in [2.45, 2.75) is 13.0 Å². The van der Waals surface area contributed by atoms with Crippen LogP contribution in [-0.2, 0) is 4.79 Å². The zero-order chi connectivity index (χ0) is 16.7. The van der Waals surface area contributed by atoms with Crippen LogP contribution in [0.3, 0.4) is 0 Å². The number of thiophene rings is 1. The molecule has 8 heteroatoms. The summed E-state index contributed by atoms with van der Waals surface area (Å²) in [4.78, 5) is 21.6. The van der Waals surface area contributed by atoms with Gasteiger partial charge in [-0.3, -0.25) is 9.78 Å². The molecule has 3 aromatic rings. The number of pyridine rings is 1. The maximum atomic E-state index is 12.0. The Hall–Kier alpha value is -3.00. The first kappa shape index (κ1) is 14.6. The normalized spacial score (nSPS) is 16.6. The number of primary amides is 1. The summed E-state index contributed by atoms with van der Waals surface area (Å²) in [5.74, 6) is 0.716. The average molecular weight is 338 g/mol. The molecule has 3 N–H and O–H groups in total. The van der Waals surface area contributed by atoms with Crippen molar-refractivity contribution in [2.75, 3.05) is 5.32 Å². The van der Waals surface area contributed by atoms with E-state index >= 15 is 0 Å². The minimum absolute atomic E-state index is 0.428. The molecule has 7 nitrogen and oxygen atoms in total. The van der Waals surface area contributed by atoms with Crippen LogP contribution in [0.1, 0.15) is 18.5 Å². The lowest BCUT2D eigenvalue weighted by Gasteiger charge is -2.27. The minimum atomic E-state index is -0.486. The smallest absolute Gasteiger partial charge is 0.248 e. The Labute approximate surface area is 141 Å². The van der Waals surface area contributed by atoms with Crippen molar-refractivity contribution < 1.29 is 4.79 Å². The minimum Gasteiger partial charge on any atom is -0.366 e. The van der Waals surface area contributed by atoms with Crippen LogP contribution in [0.25, 0.3) is 10.7 Å². The number of aromatic nitrogens is 4. The fourth-order valence-corrected chi connectivity index (χ4v) is 3.49. The lowest BCUT2D eigenvalue weighted by atomic mass is 9.96. The second-order valence-electron chi connectivity index (χ2n) is 5.39. The van der Waals surface area contributed by atoms with Gasteiger partial charge in [0.1, 0.15) is 6.04 Å². The third kappa shape index (κ3) is 2.28. The zero-order valence-corrected chi connectivity index (χ0v) is 13.6. The molecule has 4 rings (SSSR count). The molecule has 0 saturated heterocycles. The van der Waals surface area contributed by atoms with Gasteiger partial charge in [0.2, 0.25) is 11.9 Å². The number of carbonyl (C=O) groups is 1. The molecule has 0 bridgehead atoms. The first-order valence-corrected chi connectivity index (χ1v) is 8.21. The average Bonchev–Trinajstić information content (AvgIpc) is 3.23. The number of nitrogens with one attached hydrogen (secondary N) is 1. The number of rotatable bonds is 3. The number of hydrogen-bond donors (Lipinski definition) is 2. The summed E-state index contributed by atoms with van der Waals surface area (Å²) in [6, 6.07) is 7.18.